The van der Waals surface area contributed by atoms with Gasteiger partial charge in [0.2, 0.25) is 0 Å². The number of aryl methyl sites for hydroxylation is 2. The normalized spacial score (nSPS) is 17.8. The lowest BCUT2D eigenvalue weighted by Crippen LogP contribution is -2.37. The van der Waals surface area contributed by atoms with Crippen molar-refractivity contribution in [2.24, 2.45) is 18.9 Å². The van der Waals surface area contributed by atoms with E-state index in [1.807, 2.05) is 18.7 Å². The lowest BCUT2D eigenvalue weighted by Gasteiger charge is -2.32. The third kappa shape index (κ3) is 4.70. The van der Waals surface area contributed by atoms with Crippen LogP contribution in [0.25, 0.3) is 0 Å². The molecule has 0 saturated carbocycles. The molecule has 0 bridgehead atoms. The van der Waals surface area contributed by atoms with Crippen molar-refractivity contribution < 1.29 is 0 Å². The van der Waals surface area contributed by atoms with Gasteiger partial charge in [0.1, 0.15) is 0 Å². The van der Waals surface area contributed by atoms with Crippen LogP contribution in [0.1, 0.15) is 38.1 Å². The van der Waals surface area contributed by atoms with Crippen molar-refractivity contribution in [2.45, 2.75) is 40.2 Å². The second-order valence-corrected chi connectivity index (χ2v) is 7.12. The predicted molar refractivity (Wildman–Crippen MR) is 88.7 cm³/mol. The van der Waals surface area contributed by atoms with Crippen LogP contribution >= 0.6 is 11.6 Å². The lowest BCUT2D eigenvalue weighted by atomic mass is 9.96. The molecule has 2 rings (SSSR count). The molecule has 0 atom stereocenters. The molecule has 5 heteroatoms. The molecule has 21 heavy (non-hydrogen) atoms. The van der Waals surface area contributed by atoms with Gasteiger partial charge in [0.15, 0.2) is 0 Å². The summed E-state index contributed by atoms with van der Waals surface area (Å²) in [6.07, 6.45) is 2.55. The van der Waals surface area contributed by atoms with Gasteiger partial charge in [-0.05, 0) is 57.8 Å². The maximum atomic E-state index is 6.34. The molecule has 4 nitrogen and oxygen atoms in total. The van der Waals surface area contributed by atoms with Crippen LogP contribution in [0.5, 0.6) is 0 Å². The van der Waals surface area contributed by atoms with E-state index >= 15 is 0 Å². The Morgan fingerprint density at radius 2 is 2.00 bits per heavy atom. The van der Waals surface area contributed by atoms with Crippen LogP contribution in [0.4, 0.5) is 0 Å². The minimum Gasteiger partial charge on any atom is -0.316 e. The molecule has 2 heterocycles. The largest absolute Gasteiger partial charge is 0.316 e. The van der Waals surface area contributed by atoms with Gasteiger partial charge in [-0.2, -0.15) is 5.10 Å². The molecule has 0 unspecified atom stereocenters. The number of nitrogens with zero attached hydrogens (tertiary/aromatic N) is 3. The molecule has 120 valence electrons. The number of hydrogen-bond donors (Lipinski definition) is 1. The number of rotatable bonds is 6. The van der Waals surface area contributed by atoms with Crippen molar-refractivity contribution in [1.82, 2.24) is 20.0 Å². The Bertz CT molecular complexity index is 447. The van der Waals surface area contributed by atoms with E-state index in [0.29, 0.717) is 0 Å². The summed E-state index contributed by atoms with van der Waals surface area (Å²) in [5.74, 6) is 1.56. The van der Waals surface area contributed by atoms with E-state index < -0.39 is 0 Å². The second kappa shape index (κ2) is 7.61. The molecule has 0 aromatic carbocycles. The zero-order valence-corrected chi connectivity index (χ0v) is 14.6. The fraction of sp³-hybridized carbons (Fsp3) is 0.812. The lowest BCUT2D eigenvalue weighted by molar-refractivity contribution is 0.171. The highest BCUT2D eigenvalue weighted by Crippen LogP contribution is 2.23. The first-order valence-electron chi connectivity index (χ1n) is 8.08. The standard InChI is InChI=1S/C16H29ClN4/c1-12(2)9-18-10-14-5-7-21(8-6-14)11-15-16(17)13(3)19-20(15)4/h12,14,18H,5-11H2,1-4H3. The maximum Gasteiger partial charge on any atom is 0.0860 e. The minimum atomic E-state index is 0.736. The van der Waals surface area contributed by atoms with Crippen molar-refractivity contribution in [3.63, 3.8) is 0 Å². The molecule has 1 fully saturated rings. The molecule has 0 spiro atoms. The summed E-state index contributed by atoms with van der Waals surface area (Å²) in [6.45, 7) is 12.0. The maximum absolute atomic E-state index is 6.34. The van der Waals surface area contributed by atoms with Gasteiger partial charge in [-0.15, -0.1) is 0 Å². The van der Waals surface area contributed by atoms with Crippen LogP contribution in [0, 0.1) is 18.8 Å². The third-order valence-corrected chi connectivity index (χ3v) is 4.82. The Morgan fingerprint density at radius 1 is 1.33 bits per heavy atom. The Balaban J connectivity index is 1.76. The highest BCUT2D eigenvalue weighted by atomic mass is 35.5. The topological polar surface area (TPSA) is 33.1 Å². The van der Waals surface area contributed by atoms with Gasteiger partial charge in [0.05, 0.1) is 16.4 Å². The molecule has 0 radical (unpaired) electrons. The van der Waals surface area contributed by atoms with Crippen LogP contribution in [-0.4, -0.2) is 40.9 Å². The van der Waals surface area contributed by atoms with Crippen molar-refractivity contribution in [3.05, 3.63) is 16.4 Å². The third-order valence-electron chi connectivity index (χ3n) is 4.33. The molecule has 1 aliphatic rings. The number of piperidine rings is 1. The van der Waals surface area contributed by atoms with E-state index in [-0.39, 0.29) is 0 Å². The van der Waals surface area contributed by atoms with Crippen molar-refractivity contribution in [2.75, 3.05) is 26.2 Å². The first kappa shape index (κ1) is 16.8. The zero-order valence-electron chi connectivity index (χ0n) is 13.8. The summed E-state index contributed by atoms with van der Waals surface area (Å²) >= 11 is 6.34. The number of hydrogen-bond acceptors (Lipinski definition) is 3. The van der Waals surface area contributed by atoms with Crippen LogP contribution in [-0.2, 0) is 13.6 Å². The summed E-state index contributed by atoms with van der Waals surface area (Å²) < 4.78 is 1.92. The van der Waals surface area contributed by atoms with E-state index in [9.17, 15) is 0 Å². The van der Waals surface area contributed by atoms with Crippen LogP contribution in [0.3, 0.4) is 0 Å². The number of likely N-dealkylation sites (tertiary alicyclic amines) is 1. The summed E-state index contributed by atoms with van der Waals surface area (Å²) in [7, 11) is 1.98. The molecular formula is C16H29ClN4. The molecule has 0 amide bonds. The first-order valence-corrected chi connectivity index (χ1v) is 8.46. The van der Waals surface area contributed by atoms with E-state index in [1.165, 1.54) is 12.8 Å². The average Bonchev–Trinajstić information content (AvgIpc) is 2.67. The Morgan fingerprint density at radius 3 is 2.52 bits per heavy atom. The summed E-state index contributed by atoms with van der Waals surface area (Å²) in [5, 5.41) is 8.81. The Labute approximate surface area is 133 Å². The van der Waals surface area contributed by atoms with E-state index in [2.05, 4.69) is 29.2 Å². The molecule has 0 aliphatic carbocycles. The molecule has 1 aromatic heterocycles. The van der Waals surface area contributed by atoms with Gasteiger partial charge in [-0.25, -0.2) is 0 Å². The van der Waals surface area contributed by atoms with Gasteiger partial charge in [0, 0.05) is 13.6 Å². The smallest absolute Gasteiger partial charge is 0.0860 e. The summed E-state index contributed by atoms with van der Waals surface area (Å²) in [5.41, 5.74) is 2.08. The van der Waals surface area contributed by atoms with E-state index in [4.69, 9.17) is 11.6 Å². The quantitative estimate of drug-likeness (QED) is 0.877. The number of aromatic nitrogens is 2. The van der Waals surface area contributed by atoms with E-state index in [0.717, 1.165) is 61.0 Å². The molecule has 1 N–H and O–H groups in total. The van der Waals surface area contributed by atoms with Gasteiger partial charge in [-0.1, -0.05) is 25.4 Å². The second-order valence-electron chi connectivity index (χ2n) is 6.74. The SMILES string of the molecule is Cc1nn(C)c(CN2CCC(CNCC(C)C)CC2)c1Cl. The summed E-state index contributed by atoms with van der Waals surface area (Å²) in [4.78, 5) is 2.50. The van der Waals surface area contributed by atoms with Gasteiger partial charge >= 0.3 is 0 Å². The monoisotopic (exact) mass is 312 g/mol. The molecular weight excluding hydrogens is 284 g/mol. The zero-order chi connectivity index (χ0) is 15.4. The fourth-order valence-electron chi connectivity index (χ4n) is 2.99. The van der Waals surface area contributed by atoms with Crippen LogP contribution in [0.2, 0.25) is 5.02 Å². The Kier molecular flexibility index (Phi) is 6.08. The van der Waals surface area contributed by atoms with E-state index in [1.54, 1.807) is 0 Å². The molecule has 1 aliphatic heterocycles. The predicted octanol–water partition coefficient (Wildman–Crippen LogP) is 2.84. The fourth-order valence-corrected chi connectivity index (χ4v) is 3.21. The number of nitrogens with one attached hydrogen (secondary N) is 1. The van der Waals surface area contributed by atoms with Gasteiger partial charge < -0.3 is 5.32 Å². The highest BCUT2D eigenvalue weighted by Gasteiger charge is 2.21. The highest BCUT2D eigenvalue weighted by molar-refractivity contribution is 6.31. The minimum absolute atomic E-state index is 0.736. The molecule has 1 aromatic rings. The van der Waals surface area contributed by atoms with Crippen molar-refractivity contribution in [1.29, 1.82) is 0 Å². The molecule has 1 saturated heterocycles. The first-order chi connectivity index (χ1) is 9.97. The van der Waals surface area contributed by atoms with Crippen LogP contribution in [0.15, 0.2) is 0 Å². The van der Waals surface area contributed by atoms with Crippen LogP contribution < -0.4 is 5.32 Å². The van der Waals surface area contributed by atoms with Crippen molar-refractivity contribution >= 4 is 11.6 Å². The van der Waals surface area contributed by atoms with Gasteiger partial charge in [0.25, 0.3) is 0 Å². The average molecular weight is 313 g/mol. The number of halogens is 1. The summed E-state index contributed by atoms with van der Waals surface area (Å²) in [6, 6.07) is 0. The Hall–Kier alpha value is -0.580. The van der Waals surface area contributed by atoms with Crippen molar-refractivity contribution in [3.8, 4) is 0 Å². The van der Waals surface area contributed by atoms with Gasteiger partial charge in [-0.3, -0.25) is 9.58 Å².